The molecule has 0 saturated carbocycles. The molecule has 0 bridgehead atoms. The number of hydrogen-bond acceptors (Lipinski definition) is 0. The minimum atomic E-state index is 0.527. The van der Waals surface area contributed by atoms with E-state index >= 15 is 0 Å². The van der Waals surface area contributed by atoms with Gasteiger partial charge in [-0.2, -0.15) is 0 Å². The highest BCUT2D eigenvalue weighted by atomic mass is 14.1. The van der Waals surface area contributed by atoms with Crippen molar-refractivity contribution in [2.75, 3.05) is 0 Å². The van der Waals surface area contributed by atoms with Crippen LogP contribution < -0.4 is 0 Å². The van der Waals surface area contributed by atoms with Gasteiger partial charge < -0.3 is 0 Å². The Morgan fingerprint density at radius 1 is 0.750 bits per heavy atom. The Bertz CT molecular complexity index is 150. The minimum absolute atomic E-state index is 0.527. The molecule has 0 N–H and O–H groups in total. The van der Waals surface area contributed by atoms with E-state index in [4.69, 9.17) is 6.58 Å². The molecule has 1 radical (unpaired) electrons. The zero-order chi connectivity index (χ0) is 12.3. The SMILES string of the molecule is [CH]=CCCCCCCCCCCC(C)(C)C. The molecule has 0 aliphatic heterocycles. The van der Waals surface area contributed by atoms with Gasteiger partial charge >= 0.3 is 0 Å². The van der Waals surface area contributed by atoms with Crippen LogP contribution in [0.5, 0.6) is 0 Å². The summed E-state index contributed by atoms with van der Waals surface area (Å²) < 4.78 is 0. The van der Waals surface area contributed by atoms with Gasteiger partial charge in [-0.25, -0.2) is 0 Å². The fraction of sp³-hybridized carbons (Fsp3) is 0.875. The summed E-state index contributed by atoms with van der Waals surface area (Å²) in [6, 6.07) is 0. The van der Waals surface area contributed by atoms with Crippen LogP contribution in [0.3, 0.4) is 0 Å². The van der Waals surface area contributed by atoms with Crippen LogP contribution in [-0.2, 0) is 0 Å². The van der Waals surface area contributed by atoms with Crippen molar-refractivity contribution in [1.82, 2.24) is 0 Å². The average molecular weight is 223 g/mol. The Labute approximate surface area is 104 Å². The topological polar surface area (TPSA) is 0 Å². The molecule has 0 rings (SSSR count). The Kier molecular flexibility index (Phi) is 9.77. The molecular formula is C16H31. The van der Waals surface area contributed by atoms with E-state index in [0.29, 0.717) is 5.41 Å². The molecule has 95 valence electrons. The van der Waals surface area contributed by atoms with Crippen molar-refractivity contribution in [2.24, 2.45) is 5.41 Å². The van der Waals surface area contributed by atoms with Gasteiger partial charge in [0.25, 0.3) is 0 Å². The fourth-order valence-electron chi connectivity index (χ4n) is 1.98. The van der Waals surface area contributed by atoms with Crippen LogP contribution in [0.2, 0.25) is 0 Å². The van der Waals surface area contributed by atoms with Crippen molar-refractivity contribution in [3.63, 3.8) is 0 Å². The van der Waals surface area contributed by atoms with Gasteiger partial charge in [0.15, 0.2) is 0 Å². The van der Waals surface area contributed by atoms with Crippen molar-refractivity contribution in [1.29, 1.82) is 0 Å². The highest BCUT2D eigenvalue weighted by Crippen LogP contribution is 2.22. The van der Waals surface area contributed by atoms with Crippen LogP contribution in [0, 0.1) is 12.0 Å². The molecule has 0 aromatic carbocycles. The lowest BCUT2D eigenvalue weighted by Crippen LogP contribution is -2.03. The lowest BCUT2D eigenvalue weighted by atomic mass is 9.89. The fourth-order valence-corrected chi connectivity index (χ4v) is 1.98. The van der Waals surface area contributed by atoms with Gasteiger partial charge in [-0.15, -0.1) is 0 Å². The van der Waals surface area contributed by atoms with E-state index in [1.165, 1.54) is 57.8 Å². The van der Waals surface area contributed by atoms with Crippen LogP contribution in [0.4, 0.5) is 0 Å². The Balaban J connectivity index is 3.01. The third-order valence-electron chi connectivity index (χ3n) is 3.05. The second kappa shape index (κ2) is 9.93. The summed E-state index contributed by atoms with van der Waals surface area (Å²) in [5.41, 5.74) is 0.527. The van der Waals surface area contributed by atoms with Crippen LogP contribution in [0.25, 0.3) is 0 Å². The summed E-state index contributed by atoms with van der Waals surface area (Å²) in [7, 11) is 0. The Hall–Kier alpha value is -0.260. The maximum Gasteiger partial charge on any atom is -0.0348 e. The summed E-state index contributed by atoms with van der Waals surface area (Å²) in [6.07, 6.45) is 15.4. The van der Waals surface area contributed by atoms with Crippen molar-refractivity contribution in [3.8, 4) is 0 Å². The first kappa shape index (κ1) is 15.7. The number of allylic oxidation sites excluding steroid dienone is 1. The van der Waals surface area contributed by atoms with E-state index in [1.54, 1.807) is 6.08 Å². The van der Waals surface area contributed by atoms with Gasteiger partial charge in [-0.3, -0.25) is 0 Å². The summed E-state index contributed by atoms with van der Waals surface area (Å²) in [6.45, 7) is 12.3. The molecule has 0 nitrogen and oxygen atoms in total. The van der Waals surface area contributed by atoms with Crippen LogP contribution in [0.15, 0.2) is 6.08 Å². The van der Waals surface area contributed by atoms with E-state index in [1.807, 2.05) is 0 Å². The summed E-state index contributed by atoms with van der Waals surface area (Å²) >= 11 is 0. The van der Waals surface area contributed by atoms with Gasteiger partial charge in [0, 0.05) is 0 Å². The molecule has 0 spiro atoms. The van der Waals surface area contributed by atoms with Gasteiger partial charge in [0.05, 0.1) is 0 Å². The normalized spacial score (nSPS) is 11.7. The quantitative estimate of drug-likeness (QED) is 0.403. The first-order valence-corrected chi connectivity index (χ1v) is 7.10. The first-order valence-electron chi connectivity index (χ1n) is 7.10. The van der Waals surface area contributed by atoms with Gasteiger partial charge in [-0.05, 0) is 24.7 Å². The van der Waals surface area contributed by atoms with Crippen LogP contribution in [-0.4, -0.2) is 0 Å². The molecule has 0 heteroatoms. The monoisotopic (exact) mass is 223 g/mol. The number of unbranched alkanes of at least 4 members (excludes halogenated alkanes) is 8. The van der Waals surface area contributed by atoms with E-state index in [2.05, 4.69) is 20.8 Å². The predicted molar refractivity (Wildman–Crippen MR) is 74.5 cm³/mol. The average Bonchev–Trinajstić information content (AvgIpc) is 2.19. The minimum Gasteiger partial charge on any atom is -0.0845 e. The van der Waals surface area contributed by atoms with Crippen LogP contribution in [0.1, 0.15) is 85.0 Å². The molecule has 0 fully saturated rings. The standard InChI is InChI=1S/C16H31/c1-5-6-7-8-9-10-11-12-13-14-15-16(2,3)4/h1,5H,6-15H2,2-4H3. The van der Waals surface area contributed by atoms with E-state index in [-0.39, 0.29) is 0 Å². The largest absolute Gasteiger partial charge is 0.0845 e. The Morgan fingerprint density at radius 3 is 1.62 bits per heavy atom. The third-order valence-corrected chi connectivity index (χ3v) is 3.05. The molecule has 16 heavy (non-hydrogen) atoms. The highest BCUT2D eigenvalue weighted by molar-refractivity contribution is 4.62. The summed E-state index contributed by atoms with van der Waals surface area (Å²) in [5.74, 6) is 0. The summed E-state index contributed by atoms with van der Waals surface area (Å²) in [5, 5.41) is 0. The lowest BCUT2D eigenvalue weighted by Gasteiger charge is -2.17. The molecule has 0 atom stereocenters. The number of hydrogen-bond donors (Lipinski definition) is 0. The zero-order valence-corrected chi connectivity index (χ0v) is 11.7. The van der Waals surface area contributed by atoms with E-state index < -0.39 is 0 Å². The van der Waals surface area contributed by atoms with Gasteiger partial charge in [0.1, 0.15) is 0 Å². The molecule has 0 saturated heterocycles. The van der Waals surface area contributed by atoms with Crippen molar-refractivity contribution in [2.45, 2.75) is 85.0 Å². The van der Waals surface area contributed by atoms with Crippen molar-refractivity contribution < 1.29 is 0 Å². The maximum atomic E-state index is 5.33. The molecule has 0 aliphatic rings. The summed E-state index contributed by atoms with van der Waals surface area (Å²) in [4.78, 5) is 0. The molecule has 0 aliphatic carbocycles. The second-order valence-corrected chi connectivity index (χ2v) is 6.16. The smallest absolute Gasteiger partial charge is 0.0348 e. The Morgan fingerprint density at radius 2 is 1.19 bits per heavy atom. The van der Waals surface area contributed by atoms with Crippen molar-refractivity contribution >= 4 is 0 Å². The van der Waals surface area contributed by atoms with Crippen molar-refractivity contribution in [3.05, 3.63) is 12.7 Å². The second-order valence-electron chi connectivity index (χ2n) is 6.16. The molecule has 0 heterocycles. The first-order chi connectivity index (χ1) is 7.56. The maximum absolute atomic E-state index is 5.33. The lowest BCUT2D eigenvalue weighted by molar-refractivity contribution is 0.356. The van der Waals surface area contributed by atoms with E-state index in [0.717, 1.165) is 6.42 Å². The molecule has 0 aromatic rings. The molecule has 0 aromatic heterocycles. The predicted octanol–water partition coefficient (Wildman–Crippen LogP) is 5.92. The molecule has 0 unspecified atom stereocenters. The van der Waals surface area contributed by atoms with Crippen LogP contribution >= 0.6 is 0 Å². The van der Waals surface area contributed by atoms with Gasteiger partial charge in [0.2, 0.25) is 0 Å². The molecule has 0 amide bonds. The zero-order valence-electron chi connectivity index (χ0n) is 11.7. The third kappa shape index (κ3) is 13.7. The van der Waals surface area contributed by atoms with Gasteiger partial charge in [-0.1, -0.05) is 78.4 Å². The van der Waals surface area contributed by atoms with E-state index in [9.17, 15) is 0 Å². The number of rotatable bonds is 10. The highest BCUT2D eigenvalue weighted by Gasteiger charge is 2.08. The molecular weight excluding hydrogens is 192 g/mol.